The molecule has 1 heterocycles. The van der Waals surface area contributed by atoms with Crippen LogP contribution in [0, 0.1) is 5.41 Å². The molecule has 0 spiro atoms. The zero-order valence-electron chi connectivity index (χ0n) is 10.1. The van der Waals surface area contributed by atoms with Crippen molar-refractivity contribution >= 4 is 6.03 Å². The average Bonchev–Trinajstić information content (AvgIpc) is 2.88. The predicted molar refractivity (Wildman–Crippen MR) is 62.3 cm³/mol. The van der Waals surface area contributed by atoms with E-state index in [9.17, 15) is 4.79 Å². The summed E-state index contributed by atoms with van der Waals surface area (Å²) in [6.07, 6.45) is 6.01. The Bertz CT molecular complexity index is 243. The Morgan fingerprint density at radius 2 is 2.19 bits per heavy atom. The molecule has 1 saturated carbocycles. The molecule has 1 atom stereocenters. The lowest BCUT2D eigenvalue weighted by Gasteiger charge is -2.24. The first kappa shape index (κ1) is 11.7. The second kappa shape index (κ2) is 5.04. The molecule has 16 heavy (non-hydrogen) atoms. The van der Waals surface area contributed by atoms with Crippen molar-refractivity contribution in [2.45, 2.75) is 45.1 Å². The third-order valence-electron chi connectivity index (χ3n) is 3.75. The number of rotatable bonds is 3. The number of hydrogen-bond donors (Lipinski definition) is 2. The topological polar surface area (TPSA) is 50.4 Å². The van der Waals surface area contributed by atoms with Crippen molar-refractivity contribution < 1.29 is 9.53 Å². The van der Waals surface area contributed by atoms with Crippen LogP contribution < -0.4 is 10.6 Å². The molecular weight excluding hydrogens is 204 g/mol. The van der Waals surface area contributed by atoms with E-state index in [0.717, 1.165) is 19.6 Å². The third-order valence-corrected chi connectivity index (χ3v) is 3.75. The van der Waals surface area contributed by atoms with Crippen LogP contribution in [-0.4, -0.2) is 31.8 Å². The normalized spacial score (nSPS) is 27.9. The summed E-state index contributed by atoms with van der Waals surface area (Å²) in [5, 5.41) is 5.93. The monoisotopic (exact) mass is 226 g/mol. The van der Waals surface area contributed by atoms with Crippen molar-refractivity contribution in [2.24, 2.45) is 5.41 Å². The third kappa shape index (κ3) is 3.11. The van der Waals surface area contributed by atoms with Crippen molar-refractivity contribution in [1.29, 1.82) is 0 Å². The zero-order valence-corrected chi connectivity index (χ0v) is 10.1. The van der Waals surface area contributed by atoms with Gasteiger partial charge in [-0.1, -0.05) is 19.8 Å². The molecule has 92 valence electrons. The van der Waals surface area contributed by atoms with Crippen molar-refractivity contribution in [2.75, 3.05) is 19.8 Å². The molecule has 1 aliphatic carbocycles. The van der Waals surface area contributed by atoms with Gasteiger partial charge >= 0.3 is 6.03 Å². The molecule has 0 radical (unpaired) electrons. The molecule has 0 bridgehead atoms. The van der Waals surface area contributed by atoms with Crippen LogP contribution in [0.5, 0.6) is 0 Å². The second-order valence-electron chi connectivity index (χ2n) is 5.41. The molecule has 4 nitrogen and oxygen atoms in total. The molecule has 0 aromatic carbocycles. The van der Waals surface area contributed by atoms with Gasteiger partial charge in [-0.05, 0) is 24.7 Å². The lowest BCUT2D eigenvalue weighted by atomic mass is 9.89. The lowest BCUT2D eigenvalue weighted by molar-refractivity contribution is 0.187. The molecule has 1 unspecified atom stereocenters. The molecule has 4 heteroatoms. The Morgan fingerprint density at radius 1 is 1.44 bits per heavy atom. The maximum absolute atomic E-state index is 11.6. The number of urea groups is 1. The first-order valence-corrected chi connectivity index (χ1v) is 6.30. The quantitative estimate of drug-likeness (QED) is 0.769. The lowest BCUT2D eigenvalue weighted by Crippen LogP contribution is -2.45. The minimum atomic E-state index is -0.0383. The molecular formula is C12H22N2O2. The number of carbonyl (C=O) groups excluding carboxylic acids is 1. The van der Waals surface area contributed by atoms with Gasteiger partial charge in [-0.3, -0.25) is 0 Å². The van der Waals surface area contributed by atoms with Crippen molar-refractivity contribution in [1.82, 2.24) is 10.6 Å². The zero-order chi connectivity index (χ0) is 11.4. The van der Waals surface area contributed by atoms with Gasteiger partial charge in [0, 0.05) is 13.2 Å². The molecule has 0 aromatic heterocycles. The molecule has 2 aliphatic rings. The Morgan fingerprint density at radius 3 is 2.81 bits per heavy atom. The summed E-state index contributed by atoms with van der Waals surface area (Å²) in [5.74, 6) is 0. The smallest absolute Gasteiger partial charge is 0.315 e. The number of hydrogen-bond acceptors (Lipinski definition) is 2. The van der Waals surface area contributed by atoms with Gasteiger partial charge < -0.3 is 15.4 Å². The van der Waals surface area contributed by atoms with E-state index >= 15 is 0 Å². The summed E-state index contributed by atoms with van der Waals surface area (Å²) in [4.78, 5) is 11.6. The minimum Gasteiger partial charge on any atom is -0.379 e. The van der Waals surface area contributed by atoms with E-state index in [0.29, 0.717) is 12.0 Å². The van der Waals surface area contributed by atoms with E-state index in [2.05, 4.69) is 17.6 Å². The van der Waals surface area contributed by atoms with Crippen LogP contribution in [0.1, 0.15) is 39.0 Å². The standard InChI is InChI=1S/C12H22N2O2/c1-12(5-2-3-6-12)9-13-11(15)14-10-4-7-16-8-10/h10H,2-9H2,1H3,(H2,13,14,15). The predicted octanol–water partition coefficient (Wildman–Crippen LogP) is 1.65. The maximum atomic E-state index is 11.6. The van der Waals surface area contributed by atoms with Gasteiger partial charge in [-0.25, -0.2) is 4.79 Å². The fraction of sp³-hybridized carbons (Fsp3) is 0.917. The molecule has 1 saturated heterocycles. The molecule has 2 N–H and O–H groups in total. The van der Waals surface area contributed by atoms with E-state index in [1.165, 1.54) is 25.7 Å². The Kier molecular flexibility index (Phi) is 3.69. The highest BCUT2D eigenvalue weighted by atomic mass is 16.5. The Balaban J connectivity index is 1.66. The van der Waals surface area contributed by atoms with Crippen LogP contribution in [0.3, 0.4) is 0 Å². The molecule has 2 amide bonds. The van der Waals surface area contributed by atoms with E-state index < -0.39 is 0 Å². The number of nitrogens with one attached hydrogen (secondary N) is 2. The van der Waals surface area contributed by atoms with Gasteiger partial charge in [0.15, 0.2) is 0 Å². The molecule has 2 fully saturated rings. The maximum Gasteiger partial charge on any atom is 0.315 e. The largest absolute Gasteiger partial charge is 0.379 e. The molecule has 0 aromatic rings. The van der Waals surface area contributed by atoms with Gasteiger partial charge in [0.05, 0.1) is 12.6 Å². The highest BCUT2D eigenvalue weighted by Crippen LogP contribution is 2.36. The van der Waals surface area contributed by atoms with Crippen LogP contribution >= 0.6 is 0 Å². The molecule has 2 rings (SSSR count). The Hall–Kier alpha value is -0.770. The van der Waals surface area contributed by atoms with Gasteiger partial charge in [0.25, 0.3) is 0 Å². The van der Waals surface area contributed by atoms with E-state index in [1.54, 1.807) is 0 Å². The highest BCUT2D eigenvalue weighted by Gasteiger charge is 2.29. The summed E-state index contributed by atoms with van der Waals surface area (Å²) < 4.78 is 5.21. The number of carbonyl (C=O) groups is 1. The minimum absolute atomic E-state index is 0.0383. The number of amides is 2. The summed E-state index contributed by atoms with van der Waals surface area (Å²) in [6, 6.07) is 0.167. The van der Waals surface area contributed by atoms with Gasteiger partial charge in [-0.15, -0.1) is 0 Å². The van der Waals surface area contributed by atoms with Gasteiger partial charge in [-0.2, -0.15) is 0 Å². The molecule has 1 aliphatic heterocycles. The van der Waals surface area contributed by atoms with Crippen LogP contribution in [-0.2, 0) is 4.74 Å². The fourth-order valence-corrected chi connectivity index (χ4v) is 2.58. The summed E-state index contributed by atoms with van der Waals surface area (Å²) >= 11 is 0. The summed E-state index contributed by atoms with van der Waals surface area (Å²) in [5.41, 5.74) is 0.323. The van der Waals surface area contributed by atoms with Crippen LogP contribution in [0.2, 0.25) is 0 Å². The first-order valence-electron chi connectivity index (χ1n) is 6.30. The second-order valence-corrected chi connectivity index (χ2v) is 5.41. The van der Waals surface area contributed by atoms with E-state index in [1.807, 2.05) is 0 Å². The van der Waals surface area contributed by atoms with Gasteiger partial charge in [0.1, 0.15) is 0 Å². The average molecular weight is 226 g/mol. The fourth-order valence-electron chi connectivity index (χ4n) is 2.58. The van der Waals surface area contributed by atoms with Crippen molar-refractivity contribution in [3.63, 3.8) is 0 Å². The summed E-state index contributed by atoms with van der Waals surface area (Å²) in [7, 11) is 0. The van der Waals surface area contributed by atoms with Crippen molar-refractivity contribution in [3.05, 3.63) is 0 Å². The number of ether oxygens (including phenoxy) is 1. The highest BCUT2D eigenvalue weighted by molar-refractivity contribution is 5.74. The SMILES string of the molecule is CC1(CNC(=O)NC2CCOC2)CCCC1. The van der Waals surface area contributed by atoms with Gasteiger partial charge in [0.2, 0.25) is 0 Å². The van der Waals surface area contributed by atoms with E-state index in [4.69, 9.17) is 4.74 Å². The van der Waals surface area contributed by atoms with Crippen LogP contribution in [0.15, 0.2) is 0 Å². The van der Waals surface area contributed by atoms with Crippen LogP contribution in [0.25, 0.3) is 0 Å². The van der Waals surface area contributed by atoms with Crippen LogP contribution in [0.4, 0.5) is 4.79 Å². The first-order chi connectivity index (χ1) is 7.68. The van der Waals surface area contributed by atoms with E-state index in [-0.39, 0.29) is 12.1 Å². The van der Waals surface area contributed by atoms with Crippen molar-refractivity contribution in [3.8, 4) is 0 Å². The summed E-state index contributed by atoms with van der Waals surface area (Å²) in [6.45, 7) is 4.48. The Labute approximate surface area is 97.1 Å².